The number of rotatable bonds is 4. The molecule has 10 heteroatoms. The molecule has 0 radical (unpaired) electrons. The van der Waals surface area contributed by atoms with Gasteiger partial charge in [0.2, 0.25) is 0 Å². The lowest BCUT2D eigenvalue weighted by Crippen LogP contribution is -2.49. The van der Waals surface area contributed by atoms with Crippen LogP contribution in [0.2, 0.25) is 0 Å². The molecule has 0 amide bonds. The van der Waals surface area contributed by atoms with E-state index < -0.39 is 21.0 Å². The molecule has 0 spiro atoms. The van der Waals surface area contributed by atoms with Crippen molar-refractivity contribution in [2.75, 3.05) is 19.6 Å². The van der Waals surface area contributed by atoms with Crippen LogP contribution in [0.5, 0.6) is 0 Å². The third-order valence-electron chi connectivity index (χ3n) is 4.63. The van der Waals surface area contributed by atoms with Crippen LogP contribution in [0.25, 0.3) is 0 Å². The highest BCUT2D eigenvalue weighted by atomic mass is 32.2. The van der Waals surface area contributed by atoms with E-state index in [0.717, 1.165) is 0 Å². The number of nitrogens with one attached hydrogen (secondary N) is 1. The van der Waals surface area contributed by atoms with Gasteiger partial charge in [-0.15, -0.1) is 0 Å². The van der Waals surface area contributed by atoms with Crippen LogP contribution in [0, 0.1) is 24.0 Å². The van der Waals surface area contributed by atoms with E-state index in [4.69, 9.17) is 0 Å². The number of piperazine rings is 1. The van der Waals surface area contributed by atoms with Gasteiger partial charge in [-0.05, 0) is 19.4 Å². The van der Waals surface area contributed by atoms with Crippen molar-refractivity contribution in [2.24, 2.45) is 7.05 Å². The minimum absolute atomic E-state index is 0.213. The molecule has 1 aliphatic rings. The number of benzene rings is 1. The number of imidazole rings is 1. The smallest absolute Gasteiger partial charge is 0.292 e. The zero-order valence-electron chi connectivity index (χ0n) is 14.8. The van der Waals surface area contributed by atoms with Gasteiger partial charge in [-0.25, -0.2) is 13.4 Å². The quantitative estimate of drug-likeness (QED) is 0.633. The summed E-state index contributed by atoms with van der Waals surface area (Å²) in [6, 6.07) is 2.64. The summed E-state index contributed by atoms with van der Waals surface area (Å²) in [7, 11) is -2.29. The maximum Gasteiger partial charge on any atom is 0.292 e. The number of hydrogen-bond acceptors (Lipinski definition) is 6. The highest BCUT2D eigenvalue weighted by Crippen LogP contribution is 2.36. The van der Waals surface area contributed by atoms with Crippen molar-refractivity contribution in [3.8, 4) is 0 Å². The SMILES string of the molecule is Cc1ccc(C)c(S(=O)(=O)N2CCNCC2c2nccn2C)c1[N+](=O)[O-]. The normalized spacial score (nSPS) is 18.8. The van der Waals surface area contributed by atoms with E-state index in [1.54, 1.807) is 50.0 Å². The van der Waals surface area contributed by atoms with E-state index in [1.165, 1.54) is 4.31 Å². The number of nitro benzene ring substituents is 1. The molecular weight excluding hydrogens is 358 g/mol. The Balaban J connectivity index is 2.17. The van der Waals surface area contributed by atoms with Crippen LogP contribution in [0.15, 0.2) is 29.4 Å². The average Bonchev–Trinajstić information content (AvgIpc) is 3.02. The molecule has 140 valence electrons. The van der Waals surface area contributed by atoms with Crippen LogP contribution >= 0.6 is 0 Å². The molecule has 0 bridgehead atoms. The summed E-state index contributed by atoms with van der Waals surface area (Å²) in [5.41, 5.74) is 0.324. The molecule has 0 saturated carbocycles. The lowest BCUT2D eigenvalue weighted by atomic mass is 10.1. The van der Waals surface area contributed by atoms with Gasteiger partial charge < -0.3 is 9.88 Å². The number of sulfonamides is 1. The topological polar surface area (TPSA) is 110 Å². The Kier molecular flexibility index (Phi) is 4.82. The van der Waals surface area contributed by atoms with E-state index in [-0.39, 0.29) is 17.1 Å². The monoisotopic (exact) mass is 379 g/mol. The molecule has 1 aromatic heterocycles. The van der Waals surface area contributed by atoms with E-state index in [9.17, 15) is 18.5 Å². The molecule has 1 saturated heterocycles. The van der Waals surface area contributed by atoms with Crippen LogP contribution in [0.3, 0.4) is 0 Å². The summed E-state index contributed by atoms with van der Waals surface area (Å²) >= 11 is 0. The zero-order chi connectivity index (χ0) is 19.1. The Morgan fingerprint density at radius 3 is 2.62 bits per heavy atom. The zero-order valence-corrected chi connectivity index (χ0v) is 15.7. The summed E-state index contributed by atoms with van der Waals surface area (Å²) in [6.45, 7) is 4.20. The molecule has 1 aromatic carbocycles. The predicted octanol–water partition coefficient (Wildman–Crippen LogP) is 1.28. The van der Waals surface area contributed by atoms with Gasteiger partial charge >= 0.3 is 0 Å². The first-order valence-electron chi connectivity index (χ1n) is 8.19. The highest BCUT2D eigenvalue weighted by molar-refractivity contribution is 7.89. The molecule has 1 fully saturated rings. The Morgan fingerprint density at radius 1 is 1.31 bits per heavy atom. The summed E-state index contributed by atoms with van der Waals surface area (Å²) in [6.07, 6.45) is 3.35. The van der Waals surface area contributed by atoms with Crippen LogP contribution < -0.4 is 5.32 Å². The molecule has 1 unspecified atom stereocenters. The number of aromatic nitrogens is 2. The van der Waals surface area contributed by atoms with Gasteiger partial charge in [0.25, 0.3) is 15.7 Å². The summed E-state index contributed by atoms with van der Waals surface area (Å²) in [5.74, 6) is 0.591. The number of nitrogens with zero attached hydrogens (tertiary/aromatic N) is 4. The molecule has 0 aliphatic carbocycles. The van der Waals surface area contributed by atoms with Crippen molar-refractivity contribution in [3.05, 3.63) is 51.6 Å². The third-order valence-corrected chi connectivity index (χ3v) is 6.72. The fourth-order valence-electron chi connectivity index (χ4n) is 3.33. The van der Waals surface area contributed by atoms with E-state index >= 15 is 0 Å². The van der Waals surface area contributed by atoms with Crippen molar-refractivity contribution in [3.63, 3.8) is 0 Å². The fraction of sp³-hybridized carbons (Fsp3) is 0.438. The van der Waals surface area contributed by atoms with Crippen LogP contribution in [0.4, 0.5) is 5.69 Å². The molecule has 1 atom stereocenters. The first-order chi connectivity index (χ1) is 12.2. The van der Waals surface area contributed by atoms with Gasteiger partial charge in [0.05, 0.1) is 11.0 Å². The van der Waals surface area contributed by atoms with Crippen molar-refractivity contribution < 1.29 is 13.3 Å². The minimum atomic E-state index is -4.08. The lowest BCUT2D eigenvalue weighted by Gasteiger charge is -2.34. The molecule has 2 heterocycles. The second-order valence-electron chi connectivity index (χ2n) is 6.37. The molecule has 2 aromatic rings. The minimum Gasteiger partial charge on any atom is -0.337 e. The van der Waals surface area contributed by atoms with Crippen molar-refractivity contribution in [1.29, 1.82) is 0 Å². The standard InChI is InChI=1S/C16H21N5O4S/c1-11-4-5-12(2)15(14(11)21(22)23)26(24,25)20-9-6-17-10-13(20)16-18-7-8-19(16)3/h4-5,7-8,13,17H,6,9-10H2,1-3H3. The van der Waals surface area contributed by atoms with Gasteiger partial charge in [0.15, 0.2) is 4.90 Å². The molecule has 9 nitrogen and oxygen atoms in total. The highest BCUT2D eigenvalue weighted by Gasteiger charge is 2.41. The van der Waals surface area contributed by atoms with E-state index in [2.05, 4.69) is 10.3 Å². The van der Waals surface area contributed by atoms with Crippen LogP contribution in [0.1, 0.15) is 23.0 Å². The Bertz CT molecular complexity index is 954. The van der Waals surface area contributed by atoms with Gasteiger partial charge in [-0.1, -0.05) is 12.1 Å². The van der Waals surface area contributed by atoms with Gasteiger partial charge in [-0.2, -0.15) is 4.31 Å². The predicted molar refractivity (Wildman–Crippen MR) is 95.3 cm³/mol. The van der Waals surface area contributed by atoms with Gasteiger partial charge in [0.1, 0.15) is 5.82 Å². The number of nitro groups is 1. The molecular formula is C16H21N5O4S. The maximum absolute atomic E-state index is 13.5. The Morgan fingerprint density at radius 2 is 2.00 bits per heavy atom. The van der Waals surface area contributed by atoms with Crippen molar-refractivity contribution in [2.45, 2.75) is 24.8 Å². The van der Waals surface area contributed by atoms with E-state index in [1.807, 2.05) is 0 Å². The maximum atomic E-state index is 13.5. The molecule has 3 rings (SSSR count). The Labute approximate surface area is 151 Å². The first-order valence-corrected chi connectivity index (χ1v) is 9.63. The van der Waals surface area contributed by atoms with Gasteiger partial charge in [-0.3, -0.25) is 10.1 Å². The second-order valence-corrected chi connectivity index (χ2v) is 8.19. The lowest BCUT2D eigenvalue weighted by molar-refractivity contribution is -0.388. The Hall–Kier alpha value is -2.30. The summed E-state index contributed by atoms with van der Waals surface area (Å²) in [4.78, 5) is 15.0. The molecule has 1 N–H and O–H groups in total. The van der Waals surface area contributed by atoms with Crippen molar-refractivity contribution in [1.82, 2.24) is 19.2 Å². The average molecular weight is 379 g/mol. The molecule has 1 aliphatic heterocycles. The fourth-order valence-corrected chi connectivity index (χ4v) is 5.36. The second kappa shape index (κ2) is 6.78. The third kappa shape index (κ3) is 3.00. The van der Waals surface area contributed by atoms with Gasteiger partial charge in [0, 0.05) is 44.6 Å². The number of aryl methyl sites for hydroxylation is 3. The summed E-state index contributed by atoms with van der Waals surface area (Å²) < 4.78 is 30.0. The van der Waals surface area contributed by atoms with Crippen molar-refractivity contribution >= 4 is 15.7 Å². The first kappa shape index (κ1) is 18.5. The van der Waals surface area contributed by atoms with Crippen LogP contribution in [-0.4, -0.2) is 46.8 Å². The van der Waals surface area contributed by atoms with E-state index in [0.29, 0.717) is 30.0 Å². The van der Waals surface area contributed by atoms with Crippen LogP contribution in [-0.2, 0) is 17.1 Å². The molecule has 26 heavy (non-hydrogen) atoms. The number of hydrogen-bond donors (Lipinski definition) is 1. The summed E-state index contributed by atoms with van der Waals surface area (Å²) in [5, 5.41) is 14.8. The largest absolute Gasteiger partial charge is 0.337 e.